The minimum atomic E-state index is -0.715. The molecule has 0 bridgehead atoms. The van der Waals surface area contributed by atoms with Crippen LogP contribution in [0.3, 0.4) is 0 Å². The molecule has 5 heteroatoms. The van der Waals surface area contributed by atoms with Crippen molar-refractivity contribution >= 4 is 22.6 Å². The second-order valence-electron chi connectivity index (χ2n) is 2.08. The lowest BCUT2D eigenvalue weighted by atomic mass is 10.2. The molecule has 1 aromatic rings. The highest BCUT2D eigenvalue weighted by Gasteiger charge is 2.11. The van der Waals surface area contributed by atoms with Crippen LogP contribution in [0.5, 0.6) is 0 Å². The van der Waals surface area contributed by atoms with Gasteiger partial charge in [-0.2, -0.15) is 0 Å². The monoisotopic (exact) mass is 269 g/mol. The molecule has 0 radical (unpaired) electrons. The van der Waals surface area contributed by atoms with Crippen molar-refractivity contribution in [2.45, 2.75) is 12.5 Å². The van der Waals surface area contributed by atoms with E-state index < -0.39 is 6.10 Å². The van der Waals surface area contributed by atoms with E-state index in [-0.39, 0.29) is 6.61 Å². The standard InChI is InChI=1S/C6H8INO3/c7-6-3-4(8-11-6)5(10)1-2-9/h3,5,9-10H,1-2H2. The first-order valence-electron chi connectivity index (χ1n) is 3.15. The molecule has 0 aliphatic heterocycles. The van der Waals surface area contributed by atoms with Crippen molar-refractivity contribution in [2.75, 3.05) is 6.61 Å². The SMILES string of the molecule is OCCC(O)c1cc(I)on1. The second-order valence-corrected chi connectivity index (χ2v) is 3.15. The predicted octanol–water partition coefficient (Wildman–Crippen LogP) is 0.695. The lowest BCUT2D eigenvalue weighted by molar-refractivity contribution is 0.127. The molecule has 11 heavy (non-hydrogen) atoms. The molecule has 62 valence electrons. The topological polar surface area (TPSA) is 66.5 Å². The molecule has 0 aromatic carbocycles. The van der Waals surface area contributed by atoms with Gasteiger partial charge in [-0.25, -0.2) is 0 Å². The summed E-state index contributed by atoms with van der Waals surface area (Å²) in [6, 6.07) is 1.64. The van der Waals surface area contributed by atoms with Crippen LogP contribution in [0.4, 0.5) is 0 Å². The number of nitrogens with zero attached hydrogens (tertiary/aromatic N) is 1. The van der Waals surface area contributed by atoms with E-state index in [2.05, 4.69) is 5.16 Å². The number of hydrogen-bond donors (Lipinski definition) is 2. The molecule has 1 unspecified atom stereocenters. The van der Waals surface area contributed by atoms with Crippen LogP contribution in [0, 0.1) is 3.77 Å². The molecule has 0 saturated carbocycles. The van der Waals surface area contributed by atoms with Crippen molar-refractivity contribution in [1.82, 2.24) is 5.16 Å². The van der Waals surface area contributed by atoms with Crippen molar-refractivity contribution in [1.29, 1.82) is 0 Å². The van der Waals surface area contributed by atoms with E-state index >= 15 is 0 Å². The van der Waals surface area contributed by atoms with Crippen molar-refractivity contribution in [3.63, 3.8) is 0 Å². The van der Waals surface area contributed by atoms with E-state index in [1.165, 1.54) is 0 Å². The third-order valence-corrected chi connectivity index (χ3v) is 1.75. The highest BCUT2D eigenvalue weighted by Crippen LogP contribution is 2.16. The fourth-order valence-electron chi connectivity index (χ4n) is 0.692. The van der Waals surface area contributed by atoms with Gasteiger partial charge >= 0.3 is 0 Å². The number of halogens is 1. The zero-order valence-electron chi connectivity index (χ0n) is 5.70. The highest BCUT2D eigenvalue weighted by molar-refractivity contribution is 14.1. The Morgan fingerprint density at radius 2 is 2.45 bits per heavy atom. The van der Waals surface area contributed by atoms with Gasteiger partial charge in [-0.15, -0.1) is 0 Å². The number of aromatic nitrogens is 1. The molecule has 4 nitrogen and oxygen atoms in total. The maximum atomic E-state index is 9.25. The van der Waals surface area contributed by atoms with Crippen LogP contribution in [0.2, 0.25) is 0 Å². The van der Waals surface area contributed by atoms with Crippen LogP contribution >= 0.6 is 22.6 Å². The molecule has 0 aliphatic rings. The van der Waals surface area contributed by atoms with Gasteiger partial charge in [0.2, 0.25) is 0 Å². The zero-order valence-corrected chi connectivity index (χ0v) is 7.85. The van der Waals surface area contributed by atoms with Crippen LogP contribution in [0.15, 0.2) is 10.6 Å². The summed E-state index contributed by atoms with van der Waals surface area (Å²) < 4.78 is 5.36. The van der Waals surface area contributed by atoms with Crippen LogP contribution in [0.25, 0.3) is 0 Å². The Balaban J connectivity index is 2.60. The summed E-state index contributed by atoms with van der Waals surface area (Å²) in [4.78, 5) is 0. The fourth-order valence-corrected chi connectivity index (χ4v) is 1.11. The Morgan fingerprint density at radius 1 is 1.73 bits per heavy atom. The second kappa shape index (κ2) is 4.03. The highest BCUT2D eigenvalue weighted by atomic mass is 127. The molecule has 0 aliphatic carbocycles. The van der Waals surface area contributed by atoms with Crippen LogP contribution in [-0.2, 0) is 0 Å². The lowest BCUT2D eigenvalue weighted by Crippen LogP contribution is -1.99. The van der Waals surface area contributed by atoms with Gasteiger partial charge in [0.05, 0.1) is 0 Å². The van der Waals surface area contributed by atoms with Crippen molar-refractivity contribution in [3.05, 3.63) is 15.5 Å². The van der Waals surface area contributed by atoms with Gasteiger partial charge in [-0.3, -0.25) is 0 Å². The number of hydrogen-bond acceptors (Lipinski definition) is 4. The largest absolute Gasteiger partial charge is 0.396 e. The molecule has 0 amide bonds. The van der Waals surface area contributed by atoms with E-state index in [1.807, 2.05) is 22.6 Å². The molecule has 1 heterocycles. The maximum absolute atomic E-state index is 9.25. The first-order chi connectivity index (χ1) is 5.24. The minimum absolute atomic E-state index is 0.0510. The Morgan fingerprint density at radius 3 is 2.91 bits per heavy atom. The number of rotatable bonds is 3. The van der Waals surface area contributed by atoms with Crippen molar-refractivity contribution < 1.29 is 14.7 Å². The zero-order chi connectivity index (χ0) is 8.27. The summed E-state index contributed by atoms with van der Waals surface area (Å²) in [6.45, 7) is -0.0510. The summed E-state index contributed by atoms with van der Waals surface area (Å²) in [6.07, 6.45) is -0.421. The lowest BCUT2D eigenvalue weighted by Gasteiger charge is -2.01. The van der Waals surface area contributed by atoms with Gasteiger partial charge in [-0.05, 0) is 0 Å². The smallest absolute Gasteiger partial charge is 0.196 e. The van der Waals surface area contributed by atoms with E-state index in [1.54, 1.807) is 6.07 Å². The Bertz CT molecular complexity index is 225. The Hall–Kier alpha value is -0.140. The maximum Gasteiger partial charge on any atom is 0.196 e. The molecule has 0 spiro atoms. The molecule has 2 N–H and O–H groups in total. The molecule has 1 atom stereocenters. The molecule has 1 aromatic heterocycles. The Kier molecular flexibility index (Phi) is 3.28. The third-order valence-electron chi connectivity index (χ3n) is 1.24. The summed E-state index contributed by atoms with van der Waals surface area (Å²) in [5, 5.41) is 21.3. The molecule has 0 saturated heterocycles. The summed E-state index contributed by atoms with van der Waals surface area (Å²) >= 11 is 1.96. The first-order valence-corrected chi connectivity index (χ1v) is 4.23. The van der Waals surface area contributed by atoms with Gasteiger partial charge in [0.1, 0.15) is 11.8 Å². The minimum Gasteiger partial charge on any atom is -0.396 e. The average molecular weight is 269 g/mol. The fraction of sp³-hybridized carbons (Fsp3) is 0.500. The average Bonchev–Trinajstić information content (AvgIpc) is 2.36. The summed E-state index contributed by atoms with van der Waals surface area (Å²) in [7, 11) is 0. The van der Waals surface area contributed by atoms with Gasteiger partial charge in [0, 0.05) is 41.7 Å². The van der Waals surface area contributed by atoms with Crippen LogP contribution in [0.1, 0.15) is 18.2 Å². The van der Waals surface area contributed by atoms with Crippen LogP contribution in [-0.4, -0.2) is 22.0 Å². The molecule has 1 rings (SSSR count). The van der Waals surface area contributed by atoms with Gasteiger partial charge in [0.25, 0.3) is 0 Å². The molecule has 0 fully saturated rings. The van der Waals surface area contributed by atoms with E-state index in [4.69, 9.17) is 9.63 Å². The van der Waals surface area contributed by atoms with E-state index in [0.29, 0.717) is 15.9 Å². The van der Waals surface area contributed by atoms with Crippen molar-refractivity contribution in [3.8, 4) is 0 Å². The van der Waals surface area contributed by atoms with Gasteiger partial charge in [-0.1, -0.05) is 5.16 Å². The van der Waals surface area contributed by atoms with Crippen molar-refractivity contribution in [2.24, 2.45) is 0 Å². The normalized spacial score (nSPS) is 13.4. The quantitative estimate of drug-likeness (QED) is 0.792. The Labute approximate surface area is 77.3 Å². The van der Waals surface area contributed by atoms with E-state index in [9.17, 15) is 5.11 Å². The number of aliphatic hydroxyl groups excluding tert-OH is 2. The first kappa shape index (κ1) is 8.95. The third kappa shape index (κ3) is 2.42. The van der Waals surface area contributed by atoms with Crippen LogP contribution < -0.4 is 0 Å². The molecular formula is C6H8INO3. The van der Waals surface area contributed by atoms with Gasteiger partial charge in [0.15, 0.2) is 3.77 Å². The van der Waals surface area contributed by atoms with E-state index in [0.717, 1.165) is 0 Å². The summed E-state index contributed by atoms with van der Waals surface area (Å²) in [5.41, 5.74) is 0.475. The summed E-state index contributed by atoms with van der Waals surface area (Å²) in [5.74, 6) is 0. The molecular weight excluding hydrogens is 261 g/mol. The number of aliphatic hydroxyl groups is 2. The predicted molar refractivity (Wildman–Crippen MR) is 45.9 cm³/mol. The van der Waals surface area contributed by atoms with Gasteiger partial charge < -0.3 is 14.7 Å².